The molecule has 11 heteroatoms. The van der Waals surface area contributed by atoms with Crippen LogP contribution in [0.3, 0.4) is 0 Å². The molecule has 0 N–H and O–H groups in total. The number of nitro groups is 2. The van der Waals surface area contributed by atoms with Crippen LogP contribution in [0.5, 0.6) is 0 Å². The maximum absolute atomic E-state index is 13.1. The maximum atomic E-state index is 13.1. The van der Waals surface area contributed by atoms with Gasteiger partial charge in [0.2, 0.25) is 14.9 Å². The summed E-state index contributed by atoms with van der Waals surface area (Å²) >= 11 is 0. The third kappa shape index (κ3) is 3.15. The first-order valence-electron chi connectivity index (χ1n) is 7.52. The normalized spacial score (nSPS) is 11.3. The Morgan fingerprint density at radius 3 is 2.04 bits per heavy atom. The first-order chi connectivity index (χ1) is 12.7. The molecule has 0 saturated carbocycles. The number of nitrogens with zero attached hydrogens (tertiary/aromatic N) is 4. The lowest BCUT2D eigenvalue weighted by Crippen LogP contribution is -2.11. The van der Waals surface area contributed by atoms with Gasteiger partial charge in [-0.3, -0.25) is 20.2 Å². The van der Waals surface area contributed by atoms with Gasteiger partial charge in [0.1, 0.15) is 5.69 Å². The Labute approximate surface area is 152 Å². The van der Waals surface area contributed by atoms with Crippen LogP contribution in [0.25, 0.3) is 5.69 Å². The summed E-state index contributed by atoms with van der Waals surface area (Å²) in [6.07, 6.45) is 0. The van der Waals surface area contributed by atoms with Crippen LogP contribution < -0.4 is 0 Å². The fraction of sp³-hybridized carbons (Fsp3) is 0.0625. The number of hydrogen-bond acceptors (Lipinski definition) is 7. The van der Waals surface area contributed by atoms with Gasteiger partial charge in [0.15, 0.2) is 0 Å². The van der Waals surface area contributed by atoms with Crippen LogP contribution in [-0.2, 0) is 9.84 Å². The van der Waals surface area contributed by atoms with Crippen LogP contribution in [0.1, 0.15) is 5.69 Å². The van der Waals surface area contributed by atoms with Crippen LogP contribution in [0.4, 0.5) is 11.4 Å². The zero-order valence-corrected chi connectivity index (χ0v) is 14.7. The minimum atomic E-state index is -4.38. The summed E-state index contributed by atoms with van der Waals surface area (Å²) in [4.78, 5) is 20.5. The summed E-state index contributed by atoms with van der Waals surface area (Å²) in [6.45, 7) is 1.34. The van der Waals surface area contributed by atoms with Crippen molar-refractivity contribution in [2.24, 2.45) is 0 Å². The molecule has 0 unspecified atom stereocenters. The standard InChI is InChI=1S/C16H12N4O6S/c1-11-15(20(23)24)16(18(17-11)12-5-3-2-4-6-12)27(25,26)14-9-7-13(8-10-14)19(21)22/h2-10H,1H3. The molecule has 0 aliphatic carbocycles. The lowest BCUT2D eigenvalue weighted by molar-refractivity contribution is -0.388. The quantitative estimate of drug-likeness (QED) is 0.484. The zero-order chi connectivity index (χ0) is 19.8. The molecular weight excluding hydrogens is 376 g/mol. The van der Waals surface area contributed by atoms with E-state index in [1.807, 2.05) is 0 Å². The van der Waals surface area contributed by atoms with Crippen molar-refractivity contribution in [1.82, 2.24) is 9.78 Å². The SMILES string of the molecule is Cc1nn(-c2ccccc2)c(S(=O)(=O)c2ccc([N+](=O)[O-])cc2)c1[N+](=O)[O-]. The predicted molar refractivity (Wildman–Crippen MR) is 93.5 cm³/mol. The predicted octanol–water partition coefficient (Wildman–Crippen LogP) is 2.83. The summed E-state index contributed by atoms with van der Waals surface area (Å²) in [5.41, 5.74) is -0.674. The molecule has 0 fully saturated rings. The van der Waals surface area contributed by atoms with E-state index in [1.165, 1.54) is 6.92 Å². The summed E-state index contributed by atoms with van der Waals surface area (Å²) in [7, 11) is -4.38. The van der Waals surface area contributed by atoms with Crippen molar-refractivity contribution in [3.63, 3.8) is 0 Å². The van der Waals surface area contributed by atoms with Gasteiger partial charge in [-0.15, -0.1) is 0 Å². The second kappa shape index (κ2) is 6.61. The second-order valence-corrected chi connectivity index (χ2v) is 7.36. The van der Waals surface area contributed by atoms with Crippen LogP contribution in [0.15, 0.2) is 64.5 Å². The zero-order valence-electron chi connectivity index (χ0n) is 13.8. The minimum Gasteiger partial charge on any atom is -0.258 e. The van der Waals surface area contributed by atoms with E-state index in [2.05, 4.69) is 5.10 Å². The fourth-order valence-electron chi connectivity index (χ4n) is 2.55. The van der Waals surface area contributed by atoms with Gasteiger partial charge in [-0.25, -0.2) is 13.1 Å². The van der Waals surface area contributed by atoms with Gasteiger partial charge in [-0.05, 0) is 31.2 Å². The molecule has 2 aromatic carbocycles. The van der Waals surface area contributed by atoms with E-state index in [0.29, 0.717) is 5.69 Å². The summed E-state index contributed by atoms with van der Waals surface area (Å²) in [5.74, 6) is 0. The summed E-state index contributed by atoms with van der Waals surface area (Å²) in [6, 6.07) is 12.2. The van der Waals surface area contributed by atoms with E-state index in [9.17, 15) is 28.6 Å². The molecule has 0 radical (unpaired) electrons. The van der Waals surface area contributed by atoms with Crippen molar-refractivity contribution < 1.29 is 18.3 Å². The molecule has 3 rings (SSSR count). The van der Waals surface area contributed by atoms with E-state index < -0.39 is 30.4 Å². The number of para-hydroxylation sites is 1. The molecule has 1 heterocycles. The van der Waals surface area contributed by atoms with Gasteiger partial charge in [0.05, 0.1) is 20.4 Å². The smallest absolute Gasteiger partial charge is 0.258 e. The first-order valence-corrected chi connectivity index (χ1v) is 9.01. The number of hydrogen-bond donors (Lipinski definition) is 0. The van der Waals surface area contributed by atoms with Gasteiger partial charge in [-0.2, -0.15) is 5.10 Å². The number of nitro benzene ring substituents is 1. The van der Waals surface area contributed by atoms with Gasteiger partial charge in [-0.1, -0.05) is 18.2 Å². The lowest BCUT2D eigenvalue weighted by Gasteiger charge is -2.08. The van der Waals surface area contributed by atoms with E-state index in [-0.39, 0.29) is 16.3 Å². The molecule has 0 saturated heterocycles. The van der Waals surface area contributed by atoms with E-state index in [1.54, 1.807) is 30.3 Å². The minimum absolute atomic E-state index is 0.0654. The second-order valence-electron chi connectivity index (χ2n) is 5.50. The van der Waals surface area contributed by atoms with Crippen molar-refractivity contribution in [1.29, 1.82) is 0 Å². The molecule has 0 bridgehead atoms. The number of non-ortho nitro benzene ring substituents is 1. The molecule has 0 atom stereocenters. The highest BCUT2D eigenvalue weighted by Crippen LogP contribution is 2.34. The van der Waals surface area contributed by atoms with Crippen LogP contribution in [0, 0.1) is 27.2 Å². The van der Waals surface area contributed by atoms with Gasteiger partial charge in [0.25, 0.3) is 5.69 Å². The van der Waals surface area contributed by atoms with Gasteiger partial charge >= 0.3 is 5.69 Å². The molecule has 0 spiro atoms. The Kier molecular flexibility index (Phi) is 4.45. The Morgan fingerprint density at radius 2 is 1.52 bits per heavy atom. The average molecular weight is 388 g/mol. The van der Waals surface area contributed by atoms with E-state index >= 15 is 0 Å². The number of benzene rings is 2. The van der Waals surface area contributed by atoms with Crippen molar-refractivity contribution in [2.45, 2.75) is 16.8 Å². The fourth-order valence-corrected chi connectivity index (χ4v) is 4.12. The van der Waals surface area contributed by atoms with Gasteiger partial charge in [0, 0.05) is 12.1 Å². The van der Waals surface area contributed by atoms with E-state index in [0.717, 1.165) is 28.9 Å². The Hall–Kier alpha value is -3.60. The third-order valence-electron chi connectivity index (χ3n) is 3.78. The molecule has 1 aromatic heterocycles. The highest BCUT2D eigenvalue weighted by atomic mass is 32.2. The number of rotatable bonds is 5. The summed E-state index contributed by atoms with van der Waals surface area (Å²) < 4.78 is 27.2. The molecule has 0 amide bonds. The molecule has 0 aliphatic heterocycles. The van der Waals surface area contributed by atoms with Crippen LogP contribution in [-0.4, -0.2) is 28.0 Å². The Balaban J connectivity index is 2.28. The highest BCUT2D eigenvalue weighted by molar-refractivity contribution is 7.91. The van der Waals surface area contributed by atoms with Crippen molar-refractivity contribution in [3.05, 3.63) is 80.5 Å². The molecule has 10 nitrogen and oxygen atoms in total. The largest absolute Gasteiger partial charge is 0.329 e. The molecule has 3 aromatic rings. The molecule has 27 heavy (non-hydrogen) atoms. The first kappa shape index (κ1) is 18.2. The highest BCUT2D eigenvalue weighted by Gasteiger charge is 2.36. The monoisotopic (exact) mass is 388 g/mol. The number of aryl methyl sites for hydroxylation is 1. The van der Waals surface area contributed by atoms with Gasteiger partial charge < -0.3 is 0 Å². The van der Waals surface area contributed by atoms with Crippen LogP contribution >= 0.6 is 0 Å². The lowest BCUT2D eigenvalue weighted by atomic mass is 10.3. The average Bonchev–Trinajstić information content (AvgIpc) is 3.01. The number of aromatic nitrogens is 2. The summed E-state index contributed by atoms with van der Waals surface area (Å²) in [5, 5.41) is 25.7. The topological polar surface area (TPSA) is 138 Å². The maximum Gasteiger partial charge on any atom is 0.329 e. The van der Waals surface area contributed by atoms with Crippen molar-refractivity contribution in [2.75, 3.05) is 0 Å². The van der Waals surface area contributed by atoms with Crippen LogP contribution in [0.2, 0.25) is 0 Å². The third-order valence-corrected chi connectivity index (χ3v) is 5.55. The Bertz CT molecular complexity index is 1140. The van der Waals surface area contributed by atoms with Crippen molar-refractivity contribution >= 4 is 21.2 Å². The molecule has 138 valence electrons. The molecular formula is C16H12N4O6S. The Morgan fingerprint density at radius 1 is 0.926 bits per heavy atom. The van der Waals surface area contributed by atoms with Crippen molar-refractivity contribution in [3.8, 4) is 5.69 Å². The molecule has 0 aliphatic rings. The van der Waals surface area contributed by atoms with E-state index in [4.69, 9.17) is 0 Å². The number of sulfone groups is 1.